The van der Waals surface area contributed by atoms with E-state index >= 15 is 0 Å². The third kappa shape index (κ3) is 4.89. The molecule has 166 valence electrons. The number of carbonyl (C=O) groups is 2. The first kappa shape index (κ1) is 22.2. The average molecular weight is 449 g/mol. The first-order valence-corrected chi connectivity index (χ1v) is 11.9. The number of rotatable bonds is 6. The molecule has 1 atom stereocenters. The molecule has 1 aliphatic rings. The van der Waals surface area contributed by atoms with Crippen LogP contribution in [0.25, 0.3) is 0 Å². The second kappa shape index (κ2) is 10.1. The van der Waals surface area contributed by atoms with Crippen LogP contribution in [-0.2, 0) is 29.6 Å². The zero-order valence-corrected chi connectivity index (χ0v) is 19.2. The Morgan fingerprint density at radius 2 is 1.75 bits per heavy atom. The number of fused-ring (bicyclic) bond motifs is 1. The highest BCUT2D eigenvalue weighted by Crippen LogP contribution is 2.28. The maximum atomic E-state index is 12.6. The van der Waals surface area contributed by atoms with Gasteiger partial charge in [0.25, 0.3) is 0 Å². The molecule has 2 amide bonds. The number of anilines is 1. The molecule has 3 aromatic rings. The van der Waals surface area contributed by atoms with Crippen LogP contribution in [0.1, 0.15) is 22.9 Å². The Kier molecular flexibility index (Phi) is 6.97. The second-order valence-electron chi connectivity index (χ2n) is 7.91. The van der Waals surface area contributed by atoms with Crippen LogP contribution in [0.3, 0.4) is 0 Å². The van der Waals surface area contributed by atoms with Gasteiger partial charge in [0.05, 0.1) is 11.7 Å². The van der Waals surface area contributed by atoms with Crippen molar-refractivity contribution in [3.05, 3.63) is 83.7 Å². The quantitative estimate of drug-likeness (QED) is 0.447. The summed E-state index contributed by atoms with van der Waals surface area (Å²) >= 11 is 1.52. The van der Waals surface area contributed by atoms with Gasteiger partial charge in [-0.25, -0.2) is 0 Å². The Morgan fingerprint density at radius 1 is 1.00 bits per heavy atom. The molecule has 0 saturated carbocycles. The SMILES string of the molecule is CSc1ccccc1NC(=O)C(=O)NC[C@H](c1cccn1C)N1CCc2ccccc2C1. The highest BCUT2D eigenvalue weighted by Gasteiger charge is 2.27. The van der Waals surface area contributed by atoms with Gasteiger partial charge in [-0.3, -0.25) is 14.5 Å². The lowest BCUT2D eigenvalue weighted by Gasteiger charge is -2.36. The number of hydrogen-bond acceptors (Lipinski definition) is 4. The number of benzene rings is 2. The number of aryl methyl sites for hydroxylation is 1. The standard InChI is InChI=1S/C25H28N4O2S/c1-28-14-7-11-21(28)22(29-15-13-18-8-3-4-9-19(18)17-29)16-26-24(30)25(31)27-20-10-5-6-12-23(20)32-2/h3-12,14,22H,13,15-17H2,1-2H3,(H,26,30)(H,27,31)/t22-/m1/s1. The Bertz CT molecular complexity index is 1110. The summed E-state index contributed by atoms with van der Waals surface area (Å²) in [7, 11) is 2.01. The second-order valence-corrected chi connectivity index (χ2v) is 8.76. The third-order valence-electron chi connectivity index (χ3n) is 5.94. The Labute approximate surface area is 193 Å². The smallest absolute Gasteiger partial charge is 0.313 e. The Hall–Kier alpha value is -3.03. The average Bonchev–Trinajstić information content (AvgIpc) is 3.24. The van der Waals surface area contributed by atoms with Crippen molar-refractivity contribution in [2.45, 2.75) is 23.9 Å². The van der Waals surface area contributed by atoms with Gasteiger partial charge in [0.1, 0.15) is 0 Å². The molecule has 0 aliphatic carbocycles. The maximum Gasteiger partial charge on any atom is 0.313 e. The van der Waals surface area contributed by atoms with E-state index in [9.17, 15) is 9.59 Å². The van der Waals surface area contributed by atoms with E-state index in [1.165, 1.54) is 22.9 Å². The number of thioether (sulfide) groups is 1. The molecule has 0 spiro atoms. The predicted octanol–water partition coefficient (Wildman–Crippen LogP) is 3.60. The van der Waals surface area contributed by atoms with Crippen molar-refractivity contribution in [2.24, 2.45) is 7.05 Å². The number of amides is 2. The van der Waals surface area contributed by atoms with E-state index in [1.54, 1.807) is 6.07 Å². The molecular weight excluding hydrogens is 420 g/mol. The molecule has 32 heavy (non-hydrogen) atoms. The fourth-order valence-corrected chi connectivity index (χ4v) is 4.78. The first-order chi connectivity index (χ1) is 15.6. The van der Waals surface area contributed by atoms with E-state index in [-0.39, 0.29) is 6.04 Å². The number of aromatic nitrogens is 1. The predicted molar refractivity (Wildman–Crippen MR) is 129 cm³/mol. The minimum atomic E-state index is -0.652. The van der Waals surface area contributed by atoms with Crippen LogP contribution in [0.5, 0.6) is 0 Å². The molecular formula is C25H28N4O2S. The molecule has 0 fully saturated rings. The number of para-hydroxylation sites is 1. The topological polar surface area (TPSA) is 66.4 Å². The number of nitrogens with zero attached hydrogens (tertiary/aromatic N) is 2. The van der Waals surface area contributed by atoms with E-state index in [0.29, 0.717) is 12.2 Å². The van der Waals surface area contributed by atoms with Gasteiger partial charge in [-0.15, -0.1) is 11.8 Å². The molecule has 0 radical (unpaired) electrons. The van der Waals surface area contributed by atoms with E-state index in [2.05, 4.69) is 50.4 Å². The fourth-order valence-electron chi connectivity index (χ4n) is 4.22. The largest absolute Gasteiger partial charge is 0.353 e. The van der Waals surface area contributed by atoms with Gasteiger partial charge in [0.2, 0.25) is 0 Å². The number of carbonyl (C=O) groups excluding carboxylic acids is 2. The Morgan fingerprint density at radius 3 is 2.50 bits per heavy atom. The lowest BCUT2D eigenvalue weighted by atomic mass is 9.98. The minimum absolute atomic E-state index is 0.0291. The molecule has 0 unspecified atom stereocenters. The van der Waals surface area contributed by atoms with Crippen LogP contribution in [-0.4, -0.2) is 40.6 Å². The lowest BCUT2D eigenvalue weighted by molar-refractivity contribution is -0.136. The van der Waals surface area contributed by atoms with E-state index in [0.717, 1.165) is 30.1 Å². The summed E-state index contributed by atoms with van der Waals surface area (Å²) in [6, 6.07) is 20.0. The zero-order chi connectivity index (χ0) is 22.5. The summed E-state index contributed by atoms with van der Waals surface area (Å²) in [5, 5.41) is 5.60. The summed E-state index contributed by atoms with van der Waals surface area (Å²) < 4.78 is 2.08. The molecule has 7 heteroatoms. The molecule has 0 bridgehead atoms. The molecule has 1 aliphatic heterocycles. The molecule has 0 saturated heterocycles. The van der Waals surface area contributed by atoms with Gasteiger partial charge in [0, 0.05) is 43.5 Å². The first-order valence-electron chi connectivity index (χ1n) is 10.7. The van der Waals surface area contributed by atoms with Crippen molar-refractivity contribution in [1.29, 1.82) is 0 Å². The molecule has 2 N–H and O–H groups in total. The van der Waals surface area contributed by atoms with Gasteiger partial charge >= 0.3 is 11.8 Å². The molecule has 6 nitrogen and oxygen atoms in total. The molecule has 4 rings (SSSR count). The molecule has 1 aromatic heterocycles. The van der Waals surface area contributed by atoms with E-state index < -0.39 is 11.8 Å². The fraction of sp³-hybridized carbons (Fsp3) is 0.280. The van der Waals surface area contributed by atoms with Gasteiger partial charge in [0.15, 0.2) is 0 Å². The van der Waals surface area contributed by atoms with Crippen LogP contribution in [0.15, 0.2) is 71.8 Å². The van der Waals surface area contributed by atoms with Crippen molar-refractivity contribution >= 4 is 29.3 Å². The molecule has 2 heterocycles. The van der Waals surface area contributed by atoms with Gasteiger partial charge < -0.3 is 15.2 Å². The minimum Gasteiger partial charge on any atom is -0.353 e. The van der Waals surface area contributed by atoms with Crippen LogP contribution in [0.2, 0.25) is 0 Å². The summed E-state index contributed by atoms with van der Waals surface area (Å²) in [6.07, 6.45) is 4.91. The zero-order valence-electron chi connectivity index (χ0n) is 18.4. The van der Waals surface area contributed by atoms with Gasteiger partial charge in [-0.1, -0.05) is 36.4 Å². The highest BCUT2D eigenvalue weighted by atomic mass is 32.2. The van der Waals surface area contributed by atoms with Crippen molar-refractivity contribution in [3.8, 4) is 0 Å². The highest BCUT2D eigenvalue weighted by molar-refractivity contribution is 7.98. The normalized spacial score (nSPS) is 14.4. The maximum absolute atomic E-state index is 12.6. The number of nitrogens with one attached hydrogen (secondary N) is 2. The van der Waals surface area contributed by atoms with Crippen LogP contribution in [0.4, 0.5) is 5.69 Å². The lowest BCUT2D eigenvalue weighted by Crippen LogP contribution is -2.44. The molecule has 2 aromatic carbocycles. The van der Waals surface area contributed by atoms with Crippen molar-refractivity contribution in [3.63, 3.8) is 0 Å². The van der Waals surface area contributed by atoms with Crippen LogP contribution < -0.4 is 10.6 Å². The van der Waals surface area contributed by atoms with Crippen molar-refractivity contribution in [2.75, 3.05) is 24.7 Å². The van der Waals surface area contributed by atoms with Crippen LogP contribution in [0, 0.1) is 0 Å². The number of hydrogen-bond donors (Lipinski definition) is 2. The van der Waals surface area contributed by atoms with E-state index in [1.807, 2.05) is 43.8 Å². The summed E-state index contributed by atoms with van der Waals surface area (Å²) in [5.41, 5.74) is 4.45. The van der Waals surface area contributed by atoms with E-state index in [4.69, 9.17) is 0 Å². The van der Waals surface area contributed by atoms with Crippen LogP contribution >= 0.6 is 11.8 Å². The van der Waals surface area contributed by atoms with Crippen molar-refractivity contribution in [1.82, 2.24) is 14.8 Å². The Balaban J connectivity index is 1.46. The monoisotopic (exact) mass is 448 g/mol. The third-order valence-corrected chi connectivity index (χ3v) is 6.74. The summed E-state index contributed by atoms with van der Waals surface area (Å²) in [6.45, 7) is 2.07. The van der Waals surface area contributed by atoms with Gasteiger partial charge in [-0.05, 0) is 48.1 Å². The van der Waals surface area contributed by atoms with Crippen molar-refractivity contribution < 1.29 is 9.59 Å². The van der Waals surface area contributed by atoms with Gasteiger partial charge in [-0.2, -0.15) is 0 Å². The summed E-state index contributed by atoms with van der Waals surface area (Å²) in [4.78, 5) is 28.5. The summed E-state index contributed by atoms with van der Waals surface area (Å²) in [5.74, 6) is -1.28.